The first-order valence-corrected chi connectivity index (χ1v) is 3.97. The molecule has 2 aromatic rings. The van der Waals surface area contributed by atoms with Crippen LogP contribution in [0.1, 0.15) is 0 Å². The standard InChI is InChI=1S/C9H10N4/c1-13-6-5-12-9(13)8-7(10)3-2-4-11-8/h2-6H,10H2,1H3. The van der Waals surface area contributed by atoms with Crippen LogP contribution in [0, 0.1) is 0 Å². The first-order chi connectivity index (χ1) is 6.29. The number of hydrogen-bond donors (Lipinski definition) is 1. The zero-order valence-electron chi connectivity index (χ0n) is 7.31. The van der Waals surface area contributed by atoms with Gasteiger partial charge in [-0.3, -0.25) is 4.98 Å². The number of pyridine rings is 1. The quantitative estimate of drug-likeness (QED) is 0.703. The van der Waals surface area contributed by atoms with Gasteiger partial charge in [-0.05, 0) is 12.1 Å². The molecule has 0 amide bonds. The number of aryl methyl sites for hydroxylation is 1. The molecule has 0 aliphatic heterocycles. The number of nitrogen functional groups attached to an aromatic ring is 1. The summed E-state index contributed by atoms with van der Waals surface area (Å²) < 4.78 is 1.89. The maximum Gasteiger partial charge on any atom is 0.160 e. The number of aromatic nitrogens is 3. The van der Waals surface area contributed by atoms with E-state index in [0.717, 1.165) is 11.5 Å². The van der Waals surface area contributed by atoms with Crippen molar-refractivity contribution < 1.29 is 0 Å². The lowest BCUT2D eigenvalue weighted by molar-refractivity contribution is 0.918. The lowest BCUT2D eigenvalue weighted by Gasteiger charge is -2.02. The summed E-state index contributed by atoms with van der Waals surface area (Å²) in [6.45, 7) is 0. The maximum atomic E-state index is 5.76. The summed E-state index contributed by atoms with van der Waals surface area (Å²) in [7, 11) is 1.91. The Balaban J connectivity index is 2.59. The van der Waals surface area contributed by atoms with Crippen LogP contribution in [0.25, 0.3) is 11.5 Å². The molecule has 0 atom stereocenters. The third kappa shape index (κ3) is 1.26. The summed E-state index contributed by atoms with van der Waals surface area (Å²) in [4.78, 5) is 8.34. The Morgan fingerprint density at radius 1 is 1.31 bits per heavy atom. The van der Waals surface area contributed by atoms with Crippen molar-refractivity contribution in [3.63, 3.8) is 0 Å². The van der Waals surface area contributed by atoms with E-state index in [1.807, 2.05) is 29.9 Å². The molecule has 0 radical (unpaired) electrons. The SMILES string of the molecule is Cn1ccnc1-c1ncccc1N. The van der Waals surface area contributed by atoms with E-state index in [1.54, 1.807) is 12.4 Å². The van der Waals surface area contributed by atoms with Gasteiger partial charge in [0.25, 0.3) is 0 Å². The normalized spacial score (nSPS) is 10.2. The fraction of sp³-hybridized carbons (Fsp3) is 0.111. The minimum Gasteiger partial charge on any atom is -0.397 e. The van der Waals surface area contributed by atoms with Crippen LogP contribution in [0.2, 0.25) is 0 Å². The van der Waals surface area contributed by atoms with Gasteiger partial charge in [0.05, 0.1) is 5.69 Å². The van der Waals surface area contributed by atoms with Crippen molar-refractivity contribution in [2.75, 3.05) is 5.73 Å². The third-order valence-corrected chi connectivity index (χ3v) is 1.87. The second-order valence-electron chi connectivity index (χ2n) is 2.80. The topological polar surface area (TPSA) is 56.7 Å². The Kier molecular flexibility index (Phi) is 1.73. The Morgan fingerprint density at radius 2 is 2.15 bits per heavy atom. The molecule has 2 heterocycles. The molecular formula is C9H10N4. The molecule has 0 saturated heterocycles. The number of nitrogens with two attached hydrogens (primary N) is 1. The smallest absolute Gasteiger partial charge is 0.160 e. The number of rotatable bonds is 1. The van der Waals surface area contributed by atoms with Gasteiger partial charge in [-0.1, -0.05) is 0 Å². The molecule has 0 bridgehead atoms. The second-order valence-corrected chi connectivity index (χ2v) is 2.80. The van der Waals surface area contributed by atoms with E-state index in [0.29, 0.717) is 5.69 Å². The average Bonchev–Trinajstić information content (AvgIpc) is 2.52. The van der Waals surface area contributed by atoms with E-state index >= 15 is 0 Å². The van der Waals surface area contributed by atoms with Gasteiger partial charge in [0.1, 0.15) is 5.69 Å². The number of hydrogen-bond acceptors (Lipinski definition) is 3. The summed E-state index contributed by atoms with van der Waals surface area (Å²) in [6.07, 6.45) is 5.30. The van der Waals surface area contributed by atoms with Gasteiger partial charge in [0, 0.05) is 25.6 Å². The Labute approximate surface area is 76.1 Å². The van der Waals surface area contributed by atoms with Crippen LogP contribution in [0.5, 0.6) is 0 Å². The minimum absolute atomic E-state index is 0.650. The first kappa shape index (κ1) is 7.79. The van der Waals surface area contributed by atoms with E-state index in [-0.39, 0.29) is 0 Å². The van der Waals surface area contributed by atoms with Crippen molar-refractivity contribution in [1.29, 1.82) is 0 Å². The van der Waals surface area contributed by atoms with Gasteiger partial charge in [-0.2, -0.15) is 0 Å². The van der Waals surface area contributed by atoms with Gasteiger partial charge in [0.2, 0.25) is 0 Å². The van der Waals surface area contributed by atoms with Crippen molar-refractivity contribution in [1.82, 2.24) is 14.5 Å². The molecule has 0 saturated carbocycles. The summed E-state index contributed by atoms with van der Waals surface area (Å²) in [5, 5.41) is 0. The van der Waals surface area contributed by atoms with Crippen molar-refractivity contribution >= 4 is 5.69 Å². The van der Waals surface area contributed by atoms with Crippen LogP contribution in [-0.4, -0.2) is 14.5 Å². The van der Waals surface area contributed by atoms with Crippen LogP contribution in [0.3, 0.4) is 0 Å². The molecule has 2 aromatic heterocycles. The summed E-state index contributed by atoms with van der Waals surface area (Å²) in [5.41, 5.74) is 7.15. The van der Waals surface area contributed by atoms with Crippen LogP contribution in [0.15, 0.2) is 30.7 Å². The monoisotopic (exact) mass is 174 g/mol. The highest BCUT2D eigenvalue weighted by Gasteiger charge is 2.06. The Morgan fingerprint density at radius 3 is 2.77 bits per heavy atom. The predicted molar refractivity (Wildman–Crippen MR) is 50.9 cm³/mol. The van der Waals surface area contributed by atoms with Gasteiger partial charge in [-0.25, -0.2) is 4.98 Å². The molecular weight excluding hydrogens is 164 g/mol. The van der Waals surface area contributed by atoms with Crippen molar-refractivity contribution in [3.05, 3.63) is 30.7 Å². The third-order valence-electron chi connectivity index (χ3n) is 1.87. The molecule has 0 unspecified atom stereocenters. The zero-order valence-corrected chi connectivity index (χ0v) is 7.31. The van der Waals surface area contributed by atoms with Gasteiger partial charge in [0.15, 0.2) is 5.82 Å². The number of nitrogens with zero attached hydrogens (tertiary/aromatic N) is 3. The van der Waals surface area contributed by atoms with Crippen molar-refractivity contribution in [3.8, 4) is 11.5 Å². The molecule has 4 heteroatoms. The van der Waals surface area contributed by atoms with Crippen molar-refractivity contribution in [2.45, 2.75) is 0 Å². The lowest BCUT2D eigenvalue weighted by Crippen LogP contribution is -1.98. The van der Waals surface area contributed by atoms with Crippen LogP contribution >= 0.6 is 0 Å². The van der Waals surface area contributed by atoms with E-state index in [2.05, 4.69) is 9.97 Å². The van der Waals surface area contributed by atoms with Crippen molar-refractivity contribution in [2.24, 2.45) is 7.05 Å². The molecule has 0 aliphatic rings. The molecule has 0 aliphatic carbocycles. The number of imidazole rings is 1. The molecule has 2 rings (SSSR count). The lowest BCUT2D eigenvalue weighted by atomic mass is 10.3. The van der Waals surface area contributed by atoms with E-state index in [9.17, 15) is 0 Å². The van der Waals surface area contributed by atoms with E-state index in [1.165, 1.54) is 0 Å². The highest BCUT2D eigenvalue weighted by atomic mass is 15.1. The Bertz CT molecular complexity index is 419. The van der Waals surface area contributed by atoms with E-state index < -0.39 is 0 Å². The van der Waals surface area contributed by atoms with Crippen LogP contribution in [0.4, 0.5) is 5.69 Å². The van der Waals surface area contributed by atoms with Gasteiger partial charge >= 0.3 is 0 Å². The largest absolute Gasteiger partial charge is 0.397 e. The Hall–Kier alpha value is -1.84. The van der Waals surface area contributed by atoms with Gasteiger partial charge < -0.3 is 10.3 Å². The highest BCUT2D eigenvalue weighted by molar-refractivity contribution is 5.66. The average molecular weight is 174 g/mol. The van der Waals surface area contributed by atoms with Crippen LogP contribution in [-0.2, 0) is 7.05 Å². The molecule has 13 heavy (non-hydrogen) atoms. The predicted octanol–water partition coefficient (Wildman–Crippen LogP) is 1.06. The summed E-state index contributed by atoms with van der Waals surface area (Å²) in [6, 6.07) is 3.62. The minimum atomic E-state index is 0.650. The summed E-state index contributed by atoms with van der Waals surface area (Å²) in [5.74, 6) is 0.790. The van der Waals surface area contributed by atoms with Crippen LogP contribution < -0.4 is 5.73 Å². The fourth-order valence-electron chi connectivity index (χ4n) is 1.20. The molecule has 0 fully saturated rings. The fourth-order valence-corrected chi connectivity index (χ4v) is 1.20. The first-order valence-electron chi connectivity index (χ1n) is 3.97. The number of anilines is 1. The second kappa shape index (κ2) is 2.90. The van der Waals surface area contributed by atoms with Gasteiger partial charge in [-0.15, -0.1) is 0 Å². The zero-order chi connectivity index (χ0) is 9.26. The molecule has 66 valence electrons. The molecule has 0 spiro atoms. The maximum absolute atomic E-state index is 5.76. The summed E-state index contributed by atoms with van der Waals surface area (Å²) >= 11 is 0. The molecule has 0 aromatic carbocycles. The molecule has 2 N–H and O–H groups in total. The van der Waals surface area contributed by atoms with E-state index in [4.69, 9.17) is 5.73 Å². The highest BCUT2D eigenvalue weighted by Crippen LogP contribution is 2.19. The molecule has 4 nitrogen and oxygen atoms in total.